The Balaban J connectivity index is 2.13. The molecule has 2 aromatic rings. The van der Waals surface area contributed by atoms with Crippen molar-refractivity contribution in [1.29, 1.82) is 0 Å². The third-order valence-corrected chi connectivity index (χ3v) is 4.00. The standard InChI is InChI=1S/C22H25NO2/c1-15(2)17-9-7-11-19(13-17)22(5,6)25-21(24)23-20-12-8-10-18(14-20)16(3)4/h7-14H,1,3H2,2,4-6H3,(H,23,24). The molecule has 1 N–H and O–H groups in total. The summed E-state index contributed by atoms with van der Waals surface area (Å²) in [5.74, 6) is 0. The van der Waals surface area contributed by atoms with Crippen molar-refractivity contribution in [3.8, 4) is 0 Å². The Morgan fingerprint density at radius 3 is 2.12 bits per heavy atom. The van der Waals surface area contributed by atoms with Crippen LogP contribution in [0.2, 0.25) is 0 Å². The Hall–Kier alpha value is -2.81. The van der Waals surface area contributed by atoms with E-state index < -0.39 is 11.7 Å². The van der Waals surface area contributed by atoms with Gasteiger partial charge in [0.1, 0.15) is 5.60 Å². The molecular weight excluding hydrogens is 310 g/mol. The summed E-state index contributed by atoms with van der Waals surface area (Å²) in [6.07, 6.45) is -0.496. The molecule has 0 unspecified atom stereocenters. The molecule has 130 valence electrons. The topological polar surface area (TPSA) is 38.3 Å². The number of anilines is 1. The predicted octanol–water partition coefficient (Wildman–Crippen LogP) is 6.24. The van der Waals surface area contributed by atoms with E-state index in [0.717, 1.165) is 27.8 Å². The minimum absolute atomic E-state index is 0.496. The molecule has 25 heavy (non-hydrogen) atoms. The molecule has 1 amide bonds. The van der Waals surface area contributed by atoms with Crippen LogP contribution in [0.5, 0.6) is 0 Å². The number of carbonyl (C=O) groups excluding carboxylic acids is 1. The first kappa shape index (κ1) is 18.5. The molecule has 2 rings (SSSR count). The lowest BCUT2D eigenvalue weighted by atomic mass is 9.94. The fraction of sp³-hybridized carbons (Fsp3) is 0.227. The van der Waals surface area contributed by atoms with Gasteiger partial charge in [-0.25, -0.2) is 4.79 Å². The molecule has 0 fully saturated rings. The molecule has 0 atom stereocenters. The van der Waals surface area contributed by atoms with Gasteiger partial charge in [0, 0.05) is 5.69 Å². The smallest absolute Gasteiger partial charge is 0.412 e. The van der Waals surface area contributed by atoms with Gasteiger partial charge in [-0.15, -0.1) is 0 Å². The molecule has 0 saturated carbocycles. The third-order valence-electron chi connectivity index (χ3n) is 4.00. The number of ether oxygens (including phenoxy) is 1. The van der Waals surface area contributed by atoms with Crippen LogP contribution in [0.25, 0.3) is 11.1 Å². The summed E-state index contributed by atoms with van der Waals surface area (Å²) in [7, 11) is 0. The summed E-state index contributed by atoms with van der Waals surface area (Å²) in [5, 5.41) is 2.78. The van der Waals surface area contributed by atoms with Crippen LogP contribution in [0.3, 0.4) is 0 Å². The van der Waals surface area contributed by atoms with Crippen molar-refractivity contribution >= 4 is 22.9 Å². The highest BCUT2D eigenvalue weighted by Gasteiger charge is 2.25. The highest BCUT2D eigenvalue weighted by molar-refractivity contribution is 5.85. The molecule has 2 aromatic carbocycles. The number of hydrogen-bond acceptors (Lipinski definition) is 2. The van der Waals surface area contributed by atoms with Crippen LogP contribution in [-0.4, -0.2) is 6.09 Å². The summed E-state index contributed by atoms with van der Waals surface area (Å²) in [6.45, 7) is 15.5. The molecule has 0 radical (unpaired) electrons. The van der Waals surface area contributed by atoms with Gasteiger partial charge in [-0.05, 0) is 62.6 Å². The first-order valence-electron chi connectivity index (χ1n) is 8.21. The van der Waals surface area contributed by atoms with Crippen LogP contribution in [0, 0.1) is 0 Å². The predicted molar refractivity (Wildman–Crippen MR) is 105 cm³/mol. The Kier molecular flexibility index (Phi) is 5.48. The second-order valence-electron chi connectivity index (χ2n) is 6.75. The molecule has 0 aliphatic heterocycles. The van der Waals surface area contributed by atoms with Crippen LogP contribution < -0.4 is 5.32 Å². The fourth-order valence-corrected chi connectivity index (χ4v) is 2.46. The lowest BCUT2D eigenvalue weighted by molar-refractivity contribution is 0.0466. The molecule has 0 bridgehead atoms. The molecule has 0 aliphatic rings. The van der Waals surface area contributed by atoms with Crippen molar-refractivity contribution in [2.75, 3.05) is 5.32 Å². The summed E-state index contributed by atoms with van der Waals surface area (Å²) in [6, 6.07) is 15.4. The maximum Gasteiger partial charge on any atom is 0.412 e. The Labute approximate surface area is 150 Å². The highest BCUT2D eigenvalue weighted by Crippen LogP contribution is 2.28. The molecule has 0 aliphatic carbocycles. The number of allylic oxidation sites excluding steroid dienone is 2. The van der Waals surface area contributed by atoms with Gasteiger partial charge in [0.05, 0.1) is 0 Å². The van der Waals surface area contributed by atoms with Gasteiger partial charge < -0.3 is 4.74 Å². The summed E-state index contributed by atoms with van der Waals surface area (Å²) in [4.78, 5) is 12.3. The van der Waals surface area contributed by atoms with Gasteiger partial charge in [0.2, 0.25) is 0 Å². The second-order valence-corrected chi connectivity index (χ2v) is 6.75. The zero-order valence-corrected chi connectivity index (χ0v) is 15.3. The number of nitrogens with one attached hydrogen (secondary N) is 1. The third kappa shape index (κ3) is 4.83. The normalized spacial score (nSPS) is 10.9. The van der Waals surface area contributed by atoms with E-state index in [0.29, 0.717) is 5.69 Å². The van der Waals surface area contributed by atoms with Crippen LogP contribution in [0.4, 0.5) is 10.5 Å². The van der Waals surface area contributed by atoms with Crippen LogP contribution >= 0.6 is 0 Å². The van der Waals surface area contributed by atoms with Crippen molar-refractivity contribution in [1.82, 2.24) is 0 Å². The van der Waals surface area contributed by atoms with E-state index in [2.05, 4.69) is 18.5 Å². The van der Waals surface area contributed by atoms with E-state index in [9.17, 15) is 4.79 Å². The summed E-state index contributed by atoms with van der Waals surface area (Å²) >= 11 is 0. The first-order chi connectivity index (χ1) is 11.7. The van der Waals surface area contributed by atoms with Crippen molar-refractivity contribution < 1.29 is 9.53 Å². The summed E-state index contributed by atoms with van der Waals surface area (Å²) in [5.41, 5.74) is 4.75. The zero-order valence-electron chi connectivity index (χ0n) is 15.3. The van der Waals surface area contributed by atoms with E-state index in [1.807, 2.05) is 76.2 Å². The van der Waals surface area contributed by atoms with Gasteiger partial charge in [-0.1, -0.05) is 54.6 Å². The first-order valence-corrected chi connectivity index (χ1v) is 8.21. The summed E-state index contributed by atoms with van der Waals surface area (Å²) < 4.78 is 5.66. The van der Waals surface area contributed by atoms with Gasteiger partial charge in [0.15, 0.2) is 0 Å². The average molecular weight is 335 g/mol. The van der Waals surface area contributed by atoms with E-state index in [4.69, 9.17) is 4.74 Å². The van der Waals surface area contributed by atoms with E-state index in [1.54, 1.807) is 0 Å². The quantitative estimate of drug-likeness (QED) is 0.702. The van der Waals surface area contributed by atoms with Crippen molar-refractivity contribution in [2.45, 2.75) is 33.3 Å². The fourth-order valence-electron chi connectivity index (χ4n) is 2.46. The molecular formula is C22H25NO2. The van der Waals surface area contributed by atoms with Crippen molar-refractivity contribution in [2.24, 2.45) is 0 Å². The minimum atomic E-state index is -0.762. The van der Waals surface area contributed by atoms with E-state index in [1.165, 1.54) is 0 Å². The number of carbonyl (C=O) groups is 1. The van der Waals surface area contributed by atoms with Crippen molar-refractivity contribution in [3.05, 3.63) is 78.4 Å². The van der Waals surface area contributed by atoms with Gasteiger partial charge in [-0.2, -0.15) is 0 Å². The lowest BCUT2D eigenvalue weighted by Crippen LogP contribution is -2.28. The maximum atomic E-state index is 12.3. The molecule has 0 spiro atoms. The monoisotopic (exact) mass is 335 g/mol. The lowest BCUT2D eigenvalue weighted by Gasteiger charge is -2.26. The average Bonchev–Trinajstić information content (AvgIpc) is 2.54. The van der Waals surface area contributed by atoms with E-state index in [-0.39, 0.29) is 0 Å². The number of amides is 1. The number of hydrogen-bond donors (Lipinski definition) is 1. The Bertz CT molecular complexity index is 818. The molecule has 3 nitrogen and oxygen atoms in total. The second kappa shape index (κ2) is 7.39. The molecule has 0 heterocycles. The SMILES string of the molecule is C=C(C)c1cccc(NC(=O)OC(C)(C)c2cccc(C(=C)C)c2)c1. The Morgan fingerprint density at radius 2 is 1.52 bits per heavy atom. The van der Waals surface area contributed by atoms with Gasteiger partial charge >= 0.3 is 6.09 Å². The number of rotatable bonds is 5. The minimum Gasteiger partial charge on any atom is -0.438 e. The van der Waals surface area contributed by atoms with Gasteiger partial charge in [0.25, 0.3) is 0 Å². The maximum absolute atomic E-state index is 12.3. The van der Waals surface area contributed by atoms with Gasteiger partial charge in [-0.3, -0.25) is 5.32 Å². The van der Waals surface area contributed by atoms with Crippen LogP contribution in [-0.2, 0) is 10.3 Å². The van der Waals surface area contributed by atoms with Crippen LogP contribution in [0.15, 0.2) is 61.7 Å². The van der Waals surface area contributed by atoms with Crippen molar-refractivity contribution in [3.63, 3.8) is 0 Å². The molecule has 0 saturated heterocycles. The number of benzene rings is 2. The molecule has 0 aromatic heterocycles. The zero-order chi connectivity index (χ0) is 18.6. The molecule has 3 heteroatoms. The Morgan fingerprint density at radius 1 is 0.960 bits per heavy atom. The highest BCUT2D eigenvalue weighted by atomic mass is 16.6. The van der Waals surface area contributed by atoms with Crippen LogP contribution in [0.1, 0.15) is 44.4 Å². The largest absolute Gasteiger partial charge is 0.438 e. The van der Waals surface area contributed by atoms with E-state index >= 15 is 0 Å².